The molecule has 122 valence electrons. The Morgan fingerprint density at radius 3 is 2.54 bits per heavy atom. The molecule has 1 heterocycles. The number of benzene rings is 2. The summed E-state index contributed by atoms with van der Waals surface area (Å²) in [6, 6.07) is 16.1. The molecule has 0 amide bonds. The van der Waals surface area contributed by atoms with Gasteiger partial charge in [-0.3, -0.25) is 0 Å². The minimum Gasteiger partial charge on any atom is -0.434 e. The highest BCUT2D eigenvalue weighted by atomic mass is 32.1. The third-order valence-corrected chi connectivity index (χ3v) is 3.53. The average Bonchev–Trinajstić information content (AvgIpc) is 2.95. The zero-order valence-electron chi connectivity index (χ0n) is 12.4. The van der Waals surface area contributed by atoms with E-state index in [1.54, 1.807) is 24.4 Å². The fourth-order valence-electron chi connectivity index (χ4n) is 2.15. The lowest BCUT2D eigenvalue weighted by atomic mass is 10.2. The van der Waals surface area contributed by atoms with Crippen LogP contribution in [0, 0.1) is 4.77 Å². The van der Waals surface area contributed by atoms with Gasteiger partial charge in [-0.15, -0.1) is 0 Å². The van der Waals surface area contributed by atoms with E-state index < -0.39 is 6.61 Å². The highest BCUT2D eigenvalue weighted by Gasteiger charge is 2.08. The number of imidazole rings is 1. The van der Waals surface area contributed by atoms with Gasteiger partial charge in [-0.1, -0.05) is 42.5 Å². The van der Waals surface area contributed by atoms with E-state index in [0.717, 1.165) is 11.3 Å². The number of hydrogen-bond acceptors (Lipinski definition) is 3. The molecule has 0 aliphatic heterocycles. The normalized spacial score (nSPS) is 11.3. The Morgan fingerprint density at radius 1 is 1.08 bits per heavy atom. The van der Waals surface area contributed by atoms with Crippen molar-refractivity contribution in [2.75, 3.05) is 0 Å². The number of nitrogens with one attached hydrogen (secondary N) is 1. The second kappa shape index (κ2) is 7.18. The molecule has 0 saturated carbocycles. The number of H-pyrrole nitrogens is 1. The van der Waals surface area contributed by atoms with E-state index in [4.69, 9.17) is 12.2 Å². The van der Waals surface area contributed by atoms with E-state index >= 15 is 0 Å². The first-order valence-electron chi connectivity index (χ1n) is 7.09. The third kappa shape index (κ3) is 3.75. The topological polar surface area (TPSA) is 42.3 Å². The molecule has 4 nitrogen and oxygen atoms in total. The van der Waals surface area contributed by atoms with Gasteiger partial charge in [0.25, 0.3) is 0 Å². The van der Waals surface area contributed by atoms with Crippen molar-refractivity contribution in [3.05, 3.63) is 71.1 Å². The van der Waals surface area contributed by atoms with Crippen molar-refractivity contribution in [3.8, 4) is 17.0 Å². The van der Waals surface area contributed by atoms with E-state index in [1.807, 2.05) is 30.3 Å². The number of para-hydroxylation sites is 1. The molecule has 3 rings (SSSR count). The largest absolute Gasteiger partial charge is 0.434 e. The van der Waals surface area contributed by atoms with Crippen molar-refractivity contribution in [2.24, 2.45) is 5.10 Å². The van der Waals surface area contributed by atoms with Crippen LogP contribution in [0.25, 0.3) is 11.3 Å². The van der Waals surface area contributed by atoms with Gasteiger partial charge < -0.3 is 9.72 Å². The fourth-order valence-corrected chi connectivity index (χ4v) is 2.36. The van der Waals surface area contributed by atoms with Crippen molar-refractivity contribution in [1.29, 1.82) is 0 Å². The molecule has 7 heteroatoms. The molecule has 0 bridgehead atoms. The Bertz CT molecular complexity index is 903. The number of hydrogen-bond donors (Lipinski definition) is 1. The van der Waals surface area contributed by atoms with Gasteiger partial charge >= 0.3 is 6.61 Å². The molecule has 0 aliphatic rings. The van der Waals surface area contributed by atoms with Crippen molar-refractivity contribution < 1.29 is 13.5 Å². The van der Waals surface area contributed by atoms with Gasteiger partial charge in [0.15, 0.2) is 4.77 Å². The summed E-state index contributed by atoms with van der Waals surface area (Å²) in [5.74, 6) is 0.0570. The quantitative estimate of drug-likeness (QED) is 0.538. The molecule has 0 radical (unpaired) electrons. The van der Waals surface area contributed by atoms with Crippen LogP contribution in [0.4, 0.5) is 8.78 Å². The lowest BCUT2D eigenvalue weighted by Gasteiger charge is -2.06. The maximum atomic E-state index is 12.4. The Hall–Kier alpha value is -2.80. The Labute approximate surface area is 142 Å². The van der Waals surface area contributed by atoms with Gasteiger partial charge in [0.05, 0.1) is 18.1 Å². The second-order valence-corrected chi connectivity index (χ2v) is 5.23. The second-order valence-electron chi connectivity index (χ2n) is 4.84. The van der Waals surface area contributed by atoms with Crippen molar-refractivity contribution in [2.45, 2.75) is 6.61 Å². The molecular formula is C17H13F2N3OS. The monoisotopic (exact) mass is 345 g/mol. The molecule has 2 aromatic carbocycles. The van der Waals surface area contributed by atoms with Crippen LogP contribution in [0.1, 0.15) is 5.56 Å². The number of alkyl halides is 2. The number of aromatic amines is 1. The highest BCUT2D eigenvalue weighted by Crippen LogP contribution is 2.19. The molecule has 0 fully saturated rings. The van der Waals surface area contributed by atoms with E-state index in [9.17, 15) is 8.78 Å². The molecule has 0 spiro atoms. The highest BCUT2D eigenvalue weighted by molar-refractivity contribution is 7.71. The molecule has 0 aliphatic carbocycles. The first-order valence-corrected chi connectivity index (χ1v) is 7.49. The number of ether oxygens (including phenoxy) is 1. The van der Waals surface area contributed by atoms with Crippen LogP contribution in [0.5, 0.6) is 5.75 Å². The average molecular weight is 345 g/mol. The molecule has 0 unspecified atom stereocenters. The standard InChI is InChI=1S/C17H13F2N3OS/c18-16(19)23-15-9-5-4-8-13(15)10-20-22-11-14(21-17(22)24)12-6-2-1-3-7-12/h1-11,16H,(H,21,24). The lowest BCUT2D eigenvalue weighted by molar-refractivity contribution is -0.0499. The summed E-state index contributed by atoms with van der Waals surface area (Å²) in [7, 11) is 0. The van der Waals surface area contributed by atoms with E-state index in [2.05, 4.69) is 14.8 Å². The molecular weight excluding hydrogens is 332 g/mol. The zero-order valence-corrected chi connectivity index (χ0v) is 13.2. The summed E-state index contributed by atoms with van der Waals surface area (Å²) >= 11 is 5.23. The van der Waals surface area contributed by atoms with Gasteiger partial charge in [0.2, 0.25) is 0 Å². The number of nitrogens with zero attached hydrogens (tertiary/aromatic N) is 2. The first kappa shape index (κ1) is 16.1. The summed E-state index contributed by atoms with van der Waals surface area (Å²) in [5.41, 5.74) is 2.22. The summed E-state index contributed by atoms with van der Waals surface area (Å²) in [4.78, 5) is 3.06. The third-order valence-electron chi connectivity index (χ3n) is 3.24. The Balaban J connectivity index is 1.88. The minimum absolute atomic E-state index is 0.0570. The van der Waals surface area contributed by atoms with Crippen LogP contribution in [-0.2, 0) is 0 Å². The van der Waals surface area contributed by atoms with Crippen LogP contribution < -0.4 is 4.74 Å². The van der Waals surface area contributed by atoms with Gasteiger partial charge in [-0.2, -0.15) is 13.9 Å². The predicted molar refractivity (Wildman–Crippen MR) is 91.1 cm³/mol. The molecule has 0 atom stereocenters. The van der Waals surface area contributed by atoms with Gasteiger partial charge in [-0.25, -0.2) is 4.68 Å². The molecule has 24 heavy (non-hydrogen) atoms. The van der Waals surface area contributed by atoms with E-state index in [-0.39, 0.29) is 5.75 Å². The SMILES string of the molecule is FC(F)Oc1ccccc1C=Nn1cc(-c2ccccc2)[nH]c1=S. The van der Waals surface area contributed by atoms with Crippen LogP contribution in [-0.4, -0.2) is 22.5 Å². The van der Waals surface area contributed by atoms with Crippen LogP contribution in [0.15, 0.2) is 65.9 Å². The molecule has 0 saturated heterocycles. The number of rotatable bonds is 5. The van der Waals surface area contributed by atoms with Gasteiger partial charge in [0, 0.05) is 5.56 Å². The van der Waals surface area contributed by atoms with E-state index in [0.29, 0.717) is 10.3 Å². The number of halogens is 2. The summed E-state index contributed by atoms with van der Waals surface area (Å²) in [6.07, 6.45) is 3.17. The van der Waals surface area contributed by atoms with Crippen LogP contribution in [0.3, 0.4) is 0 Å². The van der Waals surface area contributed by atoms with Crippen LogP contribution >= 0.6 is 12.2 Å². The van der Waals surface area contributed by atoms with Crippen molar-refractivity contribution in [1.82, 2.24) is 9.66 Å². The molecule has 1 N–H and O–H groups in total. The maximum absolute atomic E-state index is 12.4. The minimum atomic E-state index is -2.89. The summed E-state index contributed by atoms with van der Waals surface area (Å²) in [6.45, 7) is -2.89. The summed E-state index contributed by atoms with van der Waals surface area (Å²) < 4.78 is 31.2. The van der Waals surface area contributed by atoms with Crippen molar-refractivity contribution >= 4 is 18.4 Å². The smallest absolute Gasteiger partial charge is 0.387 e. The maximum Gasteiger partial charge on any atom is 0.387 e. The molecule has 1 aromatic heterocycles. The van der Waals surface area contributed by atoms with Crippen molar-refractivity contribution in [3.63, 3.8) is 0 Å². The first-order chi connectivity index (χ1) is 11.6. The predicted octanol–water partition coefficient (Wildman–Crippen LogP) is 4.70. The van der Waals surface area contributed by atoms with Crippen LogP contribution in [0.2, 0.25) is 0 Å². The Morgan fingerprint density at radius 2 is 1.79 bits per heavy atom. The zero-order chi connectivity index (χ0) is 16.9. The molecule has 3 aromatic rings. The fraction of sp³-hybridized carbons (Fsp3) is 0.0588. The van der Waals surface area contributed by atoms with Gasteiger partial charge in [0.1, 0.15) is 5.75 Å². The Kier molecular flexibility index (Phi) is 4.81. The lowest BCUT2D eigenvalue weighted by Crippen LogP contribution is -2.04. The summed E-state index contributed by atoms with van der Waals surface area (Å²) in [5, 5.41) is 4.22. The van der Waals surface area contributed by atoms with E-state index in [1.165, 1.54) is 17.0 Å². The van der Waals surface area contributed by atoms with Gasteiger partial charge in [-0.05, 0) is 29.9 Å². The number of aromatic nitrogens is 2.